The van der Waals surface area contributed by atoms with Crippen molar-refractivity contribution in [2.24, 2.45) is 10.7 Å². The summed E-state index contributed by atoms with van der Waals surface area (Å²) in [6.45, 7) is 2.26. The summed E-state index contributed by atoms with van der Waals surface area (Å²) in [5.41, 5.74) is 6.54. The second-order valence-electron chi connectivity index (χ2n) is 8.34. The van der Waals surface area contributed by atoms with Crippen LogP contribution in [0.5, 0.6) is 0 Å². The lowest BCUT2D eigenvalue weighted by molar-refractivity contribution is -0.113. The molecule has 0 radical (unpaired) electrons. The predicted octanol–water partition coefficient (Wildman–Crippen LogP) is 3.46. The van der Waals surface area contributed by atoms with E-state index in [1.807, 2.05) is 24.3 Å². The summed E-state index contributed by atoms with van der Waals surface area (Å²) in [4.78, 5) is 31.7. The number of nitrogens with two attached hydrogens (primary N) is 1. The minimum Gasteiger partial charge on any atom is -0.370 e. The molecule has 29 heavy (non-hydrogen) atoms. The first-order chi connectivity index (χ1) is 14.1. The van der Waals surface area contributed by atoms with Crippen LogP contribution in [0.3, 0.4) is 0 Å². The van der Waals surface area contributed by atoms with E-state index in [4.69, 9.17) is 5.73 Å². The van der Waals surface area contributed by atoms with Gasteiger partial charge in [0.2, 0.25) is 0 Å². The molecule has 0 bridgehead atoms. The third-order valence-electron chi connectivity index (χ3n) is 6.50. The number of nitrogens with zero attached hydrogens (tertiary/aromatic N) is 3. The van der Waals surface area contributed by atoms with E-state index in [0.717, 1.165) is 37.7 Å². The first-order valence-electron chi connectivity index (χ1n) is 11.0. The first kappa shape index (κ1) is 21.5. The van der Waals surface area contributed by atoms with Crippen LogP contribution in [0.2, 0.25) is 0 Å². The number of carbonyl (C=O) groups excluding carboxylic acids is 2. The topological polar surface area (TPSA) is 79.0 Å². The Labute approximate surface area is 174 Å². The van der Waals surface area contributed by atoms with Crippen molar-refractivity contribution < 1.29 is 9.59 Å². The van der Waals surface area contributed by atoms with Gasteiger partial charge in [-0.3, -0.25) is 9.59 Å². The normalized spacial score (nSPS) is 20.7. The molecule has 1 saturated heterocycles. The number of rotatable bonds is 6. The van der Waals surface area contributed by atoms with Gasteiger partial charge in [-0.25, -0.2) is 4.99 Å². The molecule has 3 rings (SSSR count). The molecule has 0 atom stereocenters. The zero-order valence-electron chi connectivity index (χ0n) is 17.6. The predicted molar refractivity (Wildman–Crippen MR) is 118 cm³/mol. The molecule has 2 N–H and O–H groups in total. The Morgan fingerprint density at radius 2 is 1.69 bits per heavy atom. The summed E-state index contributed by atoms with van der Waals surface area (Å²) in [6.07, 6.45) is 12.3. The molecule has 1 aliphatic heterocycles. The van der Waals surface area contributed by atoms with E-state index >= 15 is 0 Å². The van der Waals surface area contributed by atoms with Gasteiger partial charge in [0.1, 0.15) is 0 Å². The summed E-state index contributed by atoms with van der Waals surface area (Å²) in [6, 6.07) is 8.80. The quantitative estimate of drug-likeness (QED) is 0.452. The summed E-state index contributed by atoms with van der Waals surface area (Å²) < 4.78 is 0. The fraction of sp³-hybridized carbons (Fsp3) is 0.609. The monoisotopic (exact) mass is 398 g/mol. The van der Waals surface area contributed by atoms with Gasteiger partial charge in [-0.05, 0) is 37.8 Å². The SMILES string of the molecule is CN(c1ccccc1N=C(C=O)C(N)=O)C1CCN(C2CCCCCCC2)CC1. The number of carbonyl (C=O) groups is 2. The van der Waals surface area contributed by atoms with E-state index in [-0.39, 0.29) is 5.71 Å². The van der Waals surface area contributed by atoms with Gasteiger partial charge in [0, 0.05) is 32.2 Å². The van der Waals surface area contributed by atoms with Crippen molar-refractivity contribution in [2.75, 3.05) is 25.0 Å². The minimum atomic E-state index is -0.801. The van der Waals surface area contributed by atoms with Gasteiger partial charge >= 0.3 is 0 Å². The maximum absolute atomic E-state index is 11.4. The number of likely N-dealkylation sites (tertiary alicyclic amines) is 1. The number of aliphatic imine (C=N–C) groups is 1. The average molecular weight is 399 g/mol. The lowest BCUT2D eigenvalue weighted by Crippen LogP contribution is -2.47. The van der Waals surface area contributed by atoms with Crippen molar-refractivity contribution in [2.45, 2.75) is 69.9 Å². The Morgan fingerprint density at radius 1 is 1.07 bits per heavy atom. The third-order valence-corrected chi connectivity index (χ3v) is 6.50. The zero-order chi connectivity index (χ0) is 20.6. The average Bonchev–Trinajstić information content (AvgIpc) is 2.71. The molecule has 1 saturated carbocycles. The number of amides is 1. The fourth-order valence-corrected chi connectivity index (χ4v) is 4.76. The molecule has 2 aliphatic rings. The van der Waals surface area contributed by atoms with E-state index in [1.165, 1.54) is 44.9 Å². The Kier molecular flexibility index (Phi) is 7.81. The Bertz CT molecular complexity index is 717. The number of hydrogen-bond donors (Lipinski definition) is 1. The van der Waals surface area contributed by atoms with Crippen LogP contribution in [0, 0.1) is 0 Å². The number of primary amides is 1. The molecular formula is C23H34N4O2. The number of para-hydroxylation sites is 2. The molecule has 1 aliphatic carbocycles. The molecule has 1 amide bonds. The Morgan fingerprint density at radius 3 is 2.31 bits per heavy atom. The van der Waals surface area contributed by atoms with Crippen LogP contribution in [0.1, 0.15) is 57.8 Å². The van der Waals surface area contributed by atoms with Crippen LogP contribution >= 0.6 is 0 Å². The van der Waals surface area contributed by atoms with Crippen molar-refractivity contribution >= 4 is 29.3 Å². The van der Waals surface area contributed by atoms with Crippen LogP contribution in [-0.2, 0) is 9.59 Å². The Balaban J connectivity index is 1.66. The lowest BCUT2D eigenvalue weighted by atomic mass is 9.93. The number of piperidine rings is 1. The van der Waals surface area contributed by atoms with E-state index < -0.39 is 5.91 Å². The molecule has 0 spiro atoms. The number of anilines is 1. The molecule has 1 aromatic rings. The molecule has 6 heteroatoms. The van der Waals surface area contributed by atoms with E-state index in [0.29, 0.717) is 18.0 Å². The highest BCUT2D eigenvalue weighted by atomic mass is 16.2. The molecule has 6 nitrogen and oxygen atoms in total. The van der Waals surface area contributed by atoms with Crippen molar-refractivity contribution in [3.63, 3.8) is 0 Å². The number of aldehydes is 1. The summed E-state index contributed by atoms with van der Waals surface area (Å²) >= 11 is 0. The smallest absolute Gasteiger partial charge is 0.270 e. The van der Waals surface area contributed by atoms with Gasteiger partial charge in [-0.15, -0.1) is 0 Å². The lowest BCUT2D eigenvalue weighted by Gasteiger charge is -2.42. The van der Waals surface area contributed by atoms with Crippen molar-refractivity contribution in [1.82, 2.24) is 4.90 Å². The minimum absolute atomic E-state index is 0.245. The van der Waals surface area contributed by atoms with Crippen LogP contribution in [0.4, 0.5) is 11.4 Å². The van der Waals surface area contributed by atoms with Gasteiger partial charge in [-0.2, -0.15) is 0 Å². The highest BCUT2D eigenvalue weighted by Crippen LogP contribution is 2.32. The van der Waals surface area contributed by atoms with Crippen LogP contribution in [0.25, 0.3) is 0 Å². The Hall–Kier alpha value is -2.21. The molecule has 158 valence electrons. The van der Waals surface area contributed by atoms with E-state index in [2.05, 4.69) is 21.8 Å². The van der Waals surface area contributed by atoms with Gasteiger partial charge in [-0.1, -0.05) is 44.2 Å². The zero-order valence-corrected chi connectivity index (χ0v) is 17.6. The molecular weight excluding hydrogens is 364 g/mol. The largest absolute Gasteiger partial charge is 0.370 e. The van der Waals surface area contributed by atoms with Crippen LogP contribution < -0.4 is 10.6 Å². The highest BCUT2D eigenvalue weighted by molar-refractivity contribution is 6.59. The van der Waals surface area contributed by atoms with Crippen molar-refractivity contribution in [3.05, 3.63) is 24.3 Å². The highest BCUT2D eigenvalue weighted by Gasteiger charge is 2.28. The van der Waals surface area contributed by atoms with Gasteiger partial charge in [0.15, 0.2) is 12.0 Å². The number of hydrogen-bond acceptors (Lipinski definition) is 5. The molecule has 1 aromatic carbocycles. The van der Waals surface area contributed by atoms with Gasteiger partial charge < -0.3 is 15.5 Å². The standard InChI is InChI=1S/C23H34N4O2/c1-26(22-12-8-7-11-20(22)25-21(17-28)23(24)29)18-13-15-27(16-14-18)19-9-5-3-2-4-6-10-19/h7-8,11-12,17-19H,2-6,9-10,13-16H2,1H3,(H2,24,29). The van der Waals surface area contributed by atoms with Gasteiger partial charge in [0.05, 0.1) is 11.4 Å². The molecule has 1 heterocycles. The maximum Gasteiger partial charge on any atom is 0.270 e. The molecule has 0 aromatic heterocycles. The van der Waals surface area contributed by atoms with Crippen molar-refractivity contribution in [3.8, 4) is 0 Å². The number of benzene rings is 1. The second-order valence-corrected chi connectivity index (χ2v) is 8.34. The summed E-state index contributed by atoms with van der Waals surface area (Å²) in [5.74, 6) is -0.801. The maximum atomic E-state index is 11.4. The third kappa shape index (κ3) is 5.66. The van der Waals surface area contributed by atoms with E-state index in [1.54, 1.807) is 0 Å². The van der Waals surface area contributed by atoms with Crippen molar-refractivity contribution in [1.29, 1.82) is 0 Å². The van der Waals surface area contributed by atoms with Gasteiger partial charge in [0.25, 0.3) is 5.91 Å². The van der Waals surface area contributed by atoms with E-state index in [9.17, 15) is 9.59 Å². The summed E-state index contributed by atoms with van der Waals surface area (Å²) in [5, 5.41) is 0. The molecule has 0 unspecified atom stereocenters. The first-order valence-corrected chi connectivity index (χ1v) is 11.0. The van der Waals surface area contributed by atoms with Crippen LogP contribution in [-0.4, -0.2) is 55.0 Å². The second kappa shape index (κ2) is 10.5. The fourth-order valence-electron chi connectivity index (χ4n) is 4.76. The summed E-state index contributed by atoms with van der Waals surface area (Å²) in [7, 11) is 2.08. The van der Waals surface area contributed by atoms with Crippen LogP contribution in [0.15, 0.2) is 29.3 Å². The molecule has 2 fully saturated rings.